The van der Waals surface area contributed by atoms with Crippen LogP contribution in [-0.2, 0) is 0 Å². The van der Waals surface area contributed by atoms with E-state index in [9.17, 15) is 13.6 Å². The van der Waals surface area contributed by atoms with E-state index in [0.717, 1.165) is 56.3 Å². The van der Waals surface area contributed by atoms with Gasteiger partial charge in [0.25, 0.3) is 0 Å². The van der Waals surface area contributed by atoms with Crippen molar-refractivity contribution in [1.82, 2.24) is 4.90 Å². The largest absolute Gasteiger partial charge is 0.495 e. The molecule has 3 rings (SSSR count). The smallest absolute Gasteiger partial charge is 0.165 e. The van der Waals surface area contributed by atoms with E-state index in [1.165, 1.54) is 6.07 Å². The highest BCUT2D eigenvalue weighted by molar-refractivity contribution is 5.96. The van der Waals surface area contributed by atoms with Crippen LogP contribution in [0.15, 0.2) is 42.5 Å². The second-order valence-corrected chi connectivity index (χ2v) is 6.65. The third-order valence-corrected chi connectivity index (χ3v) is 4.91. The van der Waals surface area contributed by atoms with Crippen LogP contribution in [0.2, 0.25) is 0 Å². The van der Waals surface area contributed by atoms with Crippen molar-refractivity contribution < 1.29 is 18.3 Å². The number of rotatable bonds is 7. The molecule has 0 aliphatic carbocycles. The van der Waals surface area contributed by atoms with E-state index < -0.39 is 11.6 Å². The summed E-state index contributed by atoms with van der Waals surface area (Å²) in [6, 6.07) is 11.1. The molecule has 0 saturated carbocycles. The van der Waals surface area contributed by atoms with Gasteiger partial charge in [-0.3, -0.25) is 9.69 Å². The molecule has 0 amide bonds. The number of hydrogen-bond donors (Lipinski definition) is 0. The van der Waals surface area contributed by atoms with Gasteiger partial charge < -0.3 is 9.64 Å². The molecular weight excluding hydrogens is 421 g/mol. The number of halogens is 4. The fourth-order valence-electron chi connectivity index (χ4n) is 3.42. The van der Waals surface area contributed by atoms with Crippen LogP contribution in [0.3, 0.4) is 0 Å². The minimum absolute atomic E-state index is 0. The van der Waals surface area contributed by atoms with Crippen LogP contribution in [0.25, 0.3) is 0 Å². The van der Waals surface area contributed by atoms with Gasteiger partial charge in [0.2, 0.25) is 0 Å². The van der Waals surface area contributed by atoms with Crippen molar-refractivity contribution in [2.45, 2.75) is 12.8 Å². The Hall–Kier alpha value is -1.89. The van der Waals surface area contributed by atoms with E-state index in [2.05, 4.69) is 15.9 Å². The SMILES string of the molecule is COc1ccccc1N1CCN(CCCC(=O)c2ccc(F)cc2F)CC1.Cl.Cl. The number of nitrogens with zero attached hydrogens (tertiary/aromatic N) is 2. The zero-order valence-electron chi connectivity index (χ0n) is 16.3. The van der Waals surface area contributed by atoms with Crippen molar-refractivity contribution >= 4 is 36.3 Å². The highest BCUT2D eigenvalue weighted by Crippen LogP contribution is 2.28. The van der Waals surface area contributed by atoms with Gasteiger partial charge in [-0.15, -0.1) is 24.8 Å². The standard InChI is InChI=1S/C21H24F2N2O2.2ClH/c1-27-21-7-3-2-5-19(21)25-13-11-24(12-14-25)10-4-6-20(26)17-9-8-16(22)15-18(17)23;;/h2-3,5,7-9,15H,4,6,10-14H2,1H3;2*1H. The zero-order chi connectivity index (χ0) is 19.2. The number of anilines is 1. The lowest BCUT2D eigenvalue weighted by molar-refractivity contribution is 0.0970. The first kappa shape index (κ1) is 25.1. The van der Waals surface area contributed by atoms with E-state index >= 15 is 0 Å². The van der Waals surface area contributed by atoms with Gasteiger partial charge in [-0.05, 0) is 37.2 Å². The second-order valence-electron chi connectivity index (χ2n) is 6.65. The minimum Gasteiger partial charge on any atom is -0.495 e. The normalized spacial score (nSPS) is 14.0. The summed E-state index contributed by atoms with van der Waals surface area (Å²) in [5.41, 5.74) is 1.07. The molecule has 0 bridgehead atoms. The van der Waals surface area contributed by atoms with Gasteiger partial charge in [0.15, 0.2) is 5.78 Å². The molecule has 0 unspecified atom stereocenters. The Labute approximate surface area is 182 Å². The van der Waals surface area contributed by atoms with E-state index in [4.69, 9.17) is 4.74 Å². The summed E-state index contributed by atoms with van der Waals surface area (Å²) in [7, 11) is 1.68. The summed E-state index contributed by atoms with van der Waals surface area (Å²) < 4.78 is 32.0. The van der Waals surface area contributed by atoms with Gasteiger partial charge in [0.1, 0.15) is 17.4 Å². The summed E-state index contributed by atoms with van der Waals surface area (Å²) in [5, 5.41) is 0. The molecule has 29 heavy (non-hydrogen) atoms. The van der Waals surface area contributed by atoms with Gasteiger partial charge in [-0.2, -0.15) is 0 Å². The number of methoxy groups -OCH3 is 1. The van der Waals surface area contributed by atoms with Gasteiger partial charge in [0, 0.05) is 38.7 Å². The van der Waals surface area contributed by atoms with Crippen LogP contribution in [-0.4, -0.2) is 50.5 Å². The number of carbonyl (C=O) groups excluding carboxylic acids is 1. The molecule has 2 aromatic carbocycles. The summed E-state index contributed by atoms with van der Waals surface area (Å²) in [6.45, 7) is 4.37. The van der Waals surface area contributed by atoms with Crippen LogP contribution >= 0.6 is 24.8 Å². The number of piperazine rings is 1. The Balaban J connectivity index is 0.00000210. The van der Waals surface area contributed by atoms with Gasteiger partial charge in [0.05, 0.1) is 18.4 Å². The van der Waals surface area contributed by atoms with Crippen molar-refractivity contribution in [3.63, 3.8) is 0 Å². The Morgan fingerprint density at radius 1 is 1.03 bits per heavy atom. The molecule has 2 aromatic rings. The Morgan fingerprint density at radius 3 is 2.38 bits per heavy atom. The summed E-state index contributed by atoms with van der Waals surface area (Å²) in [5.74, 6) is -0.861. The van der Waals surface area contributed by atoms with Crippen molar-refractivity contribution in [3.05, 3.63) is 59.7 Å². The van der Waals surface area contributed by atoms with Crippen LogP contribution in [0.5, 0.6) is 5.75 Å². The van der Waals surface area contributed by atoms with E-state index in [0.29, 0.717) is 6.42 Å². The maximum atomic E-state index is 13.7. The second kappa shape index (κ2) is 12.0. The third-order valence-electron chi connectivity index (χ3n) is 4.91. The van der Waals surface area contributed by atoms with E-state index in [1.807, 2.05) is 18.2 Å². The molecule has 4 nitrogen and oxygen atoms in total. The molecule has 1 aliphatic heterocycles. The molecule has 1 aliphatic rings. The first-order valence-electron chi connectivity index (χ1n) is 9.17. The highest BCUT2D eigenvalue weighted by atomic mass is 35.5. The average molecular weight is 447 g/mol. The predicted molar refractivity (Wildman–Crippen MR) is 116 cm³/mol. The van der Waals surface area contributed by atoms with Crippen LogP contribution in [0.4, 0.5) is 14.5 Å². The Morgan fingerprint density at radius 2 is 1.72 bits per heavy atom. The fourth-order valence-corrected chi connectivity index (χ4v) is 3.42. The molecule has 0 N–H and O–H groups in total. The molecule has 0 atom stereocenters. The van der Waals surface area contributed by atoms with Gasteiger partial charge >= 0.3 is 0 Å². The molecule has 1 fully saturated rings. The summed E-state index contributed by atoms with van der Waals surface area (Å²) in [6.07, 6.45) is 0.916. The number of ketones is 1. The number of ether oxygens (including phenoxy) is 1. The lowest BCUT2D eigenvalue weighted by atomic mass is 10.1. The van der Waals surface area contributed by atoms with Crippen LogP contribution in [0.1, 0.15) is 23.2 Å². The predicted octanol–water partition coefficient (Wildman–Crippen LogP) is 4.60. The molecule has 1 saturated heterocycles. The summed E-state index contributed by atoms with van der Waals surface area (Å²) in [4.78, 5) is 16.7. The van der Waals surface area contributed by atoms with Crippen molar-refractivity contribution in [2.24, 2.45) is 0 Å². The van der Waals surface area contributed by atoms with Gasteiger partial charge in [-0.25, -0.2) is 8.78 Å². The van der Waals surface area contributed by atoms with E-state index in [-0.39, 0.29) is 42.6 Å². The average Bonchev–Trinajstić information content (AvgIpc) is 2.68. The number of benzene rings is 2. The van der Waals surface area contributed by atoms with Crippen molar-refractivity contribution in [1.29, 1.82) is 0 Å². The number of hydrogen-bond acceptors (Lipinski definition) is 4. The maximum Gasteiger partial charge on any atom is 0.165 e. The number of carbonyl (C=O) groups is 1. The molecule has 0 spiro atoms. The molecular formula is C21H26Cl2F2N2O2. The maximum absolute atomic E-state index is 13.7. The Kier molecular flexibility index (Phi) is 10.4. The summed E-state index contributed by atoms with van der Waals surface area (Å²) >= 11 is 0. The van der Waals surface area contributed by atoms with Crippen LogP contribution < -0.4 is 9.64 Å². The zero-order valence-corrected chi connectivity index (χ0v) is 17.9. The molecule has 0 aromatic heterocycles. The molecule has 1 heterocycles. The quantitative estimate of drug-likeness (QED) is 0.581. The topological polar surface area (TPSA) is 32.8 Å². The fraction of sp³-hybridized carbons (Fsp3) is 0.381. The van der Waals surface area contributed by atoms with Crippen LogP contribution in [0, 0.1) is 11.6 Å². The van der Waals surface area contributed by atoms with Crippen molar-refractivity contribution in [2.75, 3.05) is 44.7 Å². The molecule has 160 valence electrons. The minimum atomic E-state index is -0.787. The molecule has 0 radical (unpaired) electrons. The Bertz CT molecular complexity index is 800. The first-order valence-corrected chi connectivity index (χ1v) is 9.17. The number of para-hydroxylation sites is 2. The van der Waals surface area contributed by atoms with Gasteiger partial charge in [-0.1, -0.05) is 12.1 Å². The van der Waals surface area contributed by atoms with Crippen molar-refractivity contribution in [3.8, 4) is 5.75 Å². The third kappa shape index (κ3) is 6.56. The highest BCUT2D eigenvalue weighted by Gasteiger charge is 2.20. The van der Waals surface area contributed by atoms with E-state index in [1.54, 1.807) is 7.11 Å². The monoisotopic (exact) mass is 446 g/mol. The molecule has 8 heteroatoms. The first-order chi connectivity index (χ1) is 13.1. The lowest BCUT2D eigenvalue weighted by Crippen LogP contribution is -2.46. The number of Topliss-reactive ketones (excluding diaryl/α,β-unsaturated/α-hetero) is 1. The lowest BCUT2D eigenvalue weighted by Gasteiger charge is -2.36.